The van der Waals surface area contributed by atoms with Gasteiger partial charge in [0.25, 0.3) is 0 Å². The summed E-state index contributed by atoms with van der Waals surface area (Å²) in [5, 5.41) is 7.30. The van der Waals surface area contributed by atoms with Crippen molar-refractivity contribution in [1.82, 2.24) is 9.78 Å². The number of methoxy groups -OCH3 is 1. The lowest BCUT2D eigenvalue weighted by Crippen LogP contribution is -2.15. The molecular weight excluding hydrogens is 342 g/mol. The Balaban J connectivity index is 1.66. The fourth-order valence-corrected chi connectivity index (χ4v) is 3.33. The van der Waals surface area contributed by atoms with Crippen molar-refractivity contribution >= 4 is 17.8 Å². The van der Waals surface area contributed by atoms with E-state index in [1.165, 1.54) is 18.9 Å². The van der Waals surface area contributed by atoms with Crippen LogP contribution in [0.2, 0.25) is 0 Å². The number of rotatable bonds is 7. The van der Waals surface area contributed by atoms with Crippen molar-refractivity contribution in [2.45, 2.75) is 51.7 Å². The minimum Gasteiger partial charge on any atom is -0.493 e. The third kappa shape index (κ3) is 4.90. The molecule has 1 aromatic carbocycles. The number of nitrogens with one attached hydrogen (secondary N) is 1. The van der Waals surface area contributed by atoms with E-state index in [4.69, 9.17) is 9.47 Å². The van der Waals surface area contributed by atoms with Crippen LogP contribution in [0.5, 0.6) is 11.5 Å². The van der Waals surface area contributed by atoms with Gasteiger partial charge in [-0.05, 0) is 50.5 Å². The largest absolute Gasteiger partial charge is 0.493 e. The summed E-state index contributed by atoms with van der Waals surface area (Å²) in [6.45, 7) is 3.93. The summed E-state index contributed by atoms with van der Waals surface area (Å²) in [7, 11) is 1.60. The third-order valence-electron chi connectivity index (χ3n) is 4.57. The molecule has 1 aliphatic carbocycles. The highest BCUT2D eigenvalue weighted by Gasteiger charge is 2.20. The van der Waals surface area contributed by atoms with Gasteiger partial charge in [-0.1, -0.05) is 18.9 Å². The van der Waals surface area contributed by atoms with Crippen molar-refractivity contribution in [2.24, 2.45) is 0 Å². The van der Waals surface area contributed by atoms with E-state index in [1.807, 2.05) is 42.8 Å². The van der Waals surface area contributed by atoms with E-state index in [2.05, 4.69) is 10.4 Å². The molecule has 0 bridgehead atoms. The fraction of sp³-hybridized carbons (Fsp3) is 0.429. The van der Waals surface area contributed by atoms with Crippen molar-refractivity contribution in [3.8, 4) is 11.5 Å². The zero-order valence-corrected chi connectivity index (χ0v) is 16.1. The molecule has 1 heterocycles. The first-order chi connectivity index (χ1) is 13.1. The van der Waals surface area contributed by atoms with Crippen LogP contribution in [-0.2, 0) is 4.79 Å². The lowest BCUT2D eigenvalue weighted by atomic mass is 10.2. The van der Waals surface area contributed by atoms with Crippen LogP contribution in [0.3, 0.4) is 0 Å². The van der Waals surface area contributed by atoms with E-state index in [0.29, 0.717) is 17.5 Å². The van der Waals surface area contributed by atoms with Gasteiger partial charge >= 0.3 is 0 Å². The van der Waals surface area contributed by atoms with Crippen LogP contribution in [0.1, 0.15) is 51.1 Å². The molecular formula is C21H27N3O3. The smallest absolute Gasteiger partial charge is 0.249 e. The van der Waals surface area contributed by atoms with Crippen LogP contribution in [0.25, 0.3) is 6.08 Å². The number of carbonyl (C=O) groups excluding carboxylic acids is 1. The van der Waals surface area contributed by atoms with Gasteiger partial charge in [0.05, 0.1) is 25.5 Å². The number of hydrogen-bond acceptors (Lipinski definition) is 4. The van der Waals surface area contributed by atoms with E-state index in [-0.39, 0.29) is 12.0 Å². The van der Waals surface area contributed by atoms with Crippen LogP contribution in [0.15, 0.2) is 36.5 Å². The number of nitrogens with zero attached hydrogens (tertiary/aromatic N) is 2. The van der Waals surface area contributed by atoms with Gasteiger partial charge in [-0.15, -0.1) is 0 Å². The van der Waals surface area contributed by atoms with Crippen molar-refractivity contribution < 1.29 is 14.3 Å². The van der Waals surface area contributed by atoms with E-state index in [1.54, 1.807) is 19.4 Å². The predicted molar refractivity (Wildman–Crippen MR) is 106 cm³/mol. The number of anilines is 1. The molecule has 0 radical (unpaired) electrons. The van der Waals surface area contributed by atoms with Gasteiger partial charge in [-0.25, -0.2) is 4.68 Å². The molecule has 6 heteroatoms. The summed E-state index contributed by atoms with van der Waals surface area (Å²) in [4.78, 5) is 12.3. The normalized spacial score (nSPS) is 14.8. The molecule has 0 aliphatic heterocycles. The van der Waals surface area contributed by atoms with Crippen molar-refractivity contribution in [3.63, 3.8) is 0 Å². The Morgan fingerprint density at radius 3 is 2.74 bits per heavy atom. The first-order valence-corrected chi connectivity index (χ1v) is 9.44. The maximum Gasteiger partial charge on any atom is 0.249 e. The lowest BCUT2D eigenvalue weighted by Gasteiger charge is -2.14. The minimum absolute atomic E-state index is 0.0655. The number of ether oxygens (including phenoxy) is 2. The van der Waals surface area contributed by atoms with Crippen molar-refractivity contribution in [3.05, 3.63) is 42.1 Å². The topological polar surface area (TPSA) is 65.4 Å². The van der Waals surface area contributed by atoms with Crippen molar-refractivity contribution in [1.29, 1.82) is 0 Å². The molecule has 144 valence electrons. The molecule has 1 aliphatic rings. The summed E-state index contributed by atoms with van der Waals surface area (Å²) in [6, 6.07) is 7.82. The number of benzene rings is 1. The Morgan fingerprint density at radius 2 is 2.04 bits per heavy atom. The molecule has 1 fully saturated rings. The maximum absolute atomic E-state index is 12.3. The SMILES string of the molecule is COc1cc(/C=C/C(=O)Nc2ccnn2C2CCCC2)ccc1OC(C)C. The maximum atomic E-state index is 12.3. The van der Waals surface area contributed by atoms with E-state index >= 15 is 0 Å². The Hall–Kier alpha value is -2.76. The highest BCUT2D eigenvalue weighted by atomic mass is 16.5. The molecule has 0 atom stereocenters. The molecule has 27 heavy (non-hydrogen) atoms. The quantitative estimate of drug-likeness (QED) is 0.733. The Bertz CT molecular complexity index is 805. The highest BCUT2D eigenvalue weighted by Crippen LogP contribution is 2.31. The molecule has 0 spiro atoms. The first kappa shape index (κ1) is 19.0. The minimum atomic E-state index is -0.184. The fourth-order valence-electron chi connectivity index (χ4n) is 3.33. The van der Waals surface area contributed by atoms with Crippen LogP contribution in [0, 0.1) is 0 Å². The Morgan fingerprint density at radius 1 is 1.26 bits per heavy atom. The summed E-state index contributed by atoms with van der Waals surface area (Å²) < 4.78 is 13.0. The van der Waals surface area contributed by atoms with Crippen molar-refractivity contribution in [2.75, 3.05) is 12.4 Å². The second-order valence-corrected chi connectivity index (χ2v) is 7.00. The number of aromatic nitrogens is 2. The molecule has 1 N–H and O–H groups in total. The predicted octanol–water partition coefficient (Wildman–Crippen LogP) is 4.45. The second-order valence-electron chi connectivity index (χ2n) is 7.00. The Kier molecular flexibility index (Phi) is 6.16. The molecule has 3 rings (SSSR count). The molecule has 1 saturated carbocycles. The average Bonchev–Trinajstić information content (AvgIpc) is 3.31. The van der Waals surface area contributed by atoms with E-state index in [0.717, 1.165) is 24.2 Å². The van der Waals surface area contributed by atoms with Crippen LogP contribution in [0.4, 0.5) is 5.82 Å². The van der Waals surface area contributed by atoms with Gasteiger partial charge < -0.3 is 14.8 Å². The van der Waals surface area contributed by atoms with Gasteiger partial charge in [-0.3, -0.25) is 4.79 Å². The third-order valence-corrected chi connectivity index (χ3v) is 4.57. The molecule has 0 unspecified atom stereocenters. The summed E-state index contributed by atoms with van der Waals surface area (Å²) in [6.07, 6.45) is 9.74. The zero-order valence-electron chi connectivity index (χ0n) is 16.1. The lowest BCUT2D eigenvalue weighted by molar-refractivity contribution is -0.111. The van der Waals surface area contributed by atoms with Gasteiger partial charge in [0.2, 0.25) is 5.91 Å². The van der Waals surface area contributed by atoms with Gasteiger partial charge in [-0.2, -0.15) is 5.10 Å². The summed E-state index contributed by atoms with van der Waals surface area (Å²) in [5.74, 6) is 1.89. The first-order valence-electron chi connectivity index (χ1n) is 9.44. The van der Waals surface area contributed by atoms with Crippen LogP contribution in [-0.4, -0.2) is 28.9 Å². The monoisotopic (exact) mass is 369 g/mol. The molecule has 1 aromatic heterocycles. The highest BCUT2D eigenvalue weighted by molar-refractivity contribution is 6.01. The second kappa shape index (κ2) is 8.75. The Labute approximate surface area is 160 Å². The zero-order chi connectivity index (χ0) is 19.2. The molecule has 1 amide bonds. The standard InChI is InChI=1S/C21H27N3O3/c1-15(2)27-18-10-8-16(14-19(18)26-3)9-11-21(25)23-20-12-13-22-24(20)17-6-4-5-7-17/h8-15,17H,4-7H2,1-3H3,(H,23,25)/b11-9+. The number of amides is 1. The van der Waals surface area contributed by atoms with Crippen LogP contribution < -0.4 is 14.8 Å². The van der Waals surface area contributed by atoms with E-state index < -0.39 is 0 Å². The molecule has 6 nitrogen and oxygen atoms in total. The number of hydrogen-bond donors (Lipinski definition) is 1. The summed E-state index contributed by atoms with van der Waals surface area (Å²) in [5.41, 5.74) is 0.863. The van der Waals surface area contributed by atoms with E-state index in [9.17, 15) is 4.79 Å². The van der Waals surface area contributed by atoms with Gasteiger partial charge in [0, 0.05) is 12.1 Å². The molecule has 0 saturated heterocycles. The van der Waals surface area contributed by atoms with Gasteiger partial charge in [0.1, 0.15) is 5.82 Å². The number of carbonyl (C=O) groups is 1. The van der Waals surface area contributed by atoms with Crippen LogP contribution >= 0.6 is 0 Å². The summed E-state index contributed by atoms with van der Waals surface area (Å²) >= 11 is 0. The molecule has 2 aromatic rings. The average molecular weight is 369 g/mol. The van der Waals surface area contributed by atoms with Gasteiger partial charge in [0.15, 0.2) is 11.5 Å².